The number of nitrogens with zero attached hydrogens (tertiary/aromatic N) is 3. The fourth-order valence-electron chi connectivity index (χ4n) is 2.08. The van der Waals surface area contributed by atoms with E-state index >= 15 is 0 Å². The van der Waals surface area contributed by atoms with E-state index in [1.165, 1.54) is 17.3 Å². The van der Waals surface area contributed by atoms with E-state index in [1.54, 1.807) is 6.07 Å². The van der Waals surface area contributed by atoms with Crippen LogP contribution < -0.4 is 4.90 Å². The summed E-state index contributed by atoms with van der Waals surface area (Å²) in [5.41, 5.74) is 0.483. The van der Waals surface area contributed by atoms with Gasteiger partial charge in [-0.15, -0.1) is 0 Å². The zero-order valence-corrected chi connectivity index (χ0v) is 9.51. The summed E-state index contributed by atoms with van der Waals surface area (Å²) in [6, 6.07) is 1.46. The minimum Gasteiger partial charge on any atom is -0.465 e. The number of halogens is 1. The quantitative estimate of drug-likeness (QED) is 0.805. The summed E-state index contributed by atoms with van der Waals surface area (Å²) in [5.74, 6) is -0.372. The van der Waals surface area contributed by atoms with Crippen LogP contribution in [-0.2, 0) is 0 Å². The van der Waals surface area contributed by atoms with Crippen molar-refractivity contribution in [3.05, 3.63) is 24.3 Å². The maximum atomic E-state index is 13.5. The largest absolute Gasteiger partial charge is 0.465 e. The Hall–Kier alpha value is -1.85. The highest BCUT2D eigenvalue weighted by Crippen LogP contribution is 2.21. The van der Waals surface area contributed by atoms with Gasteiger partial charge in [0.05, 0.1) is 11.9 Å². The third-order valence-electron chi connectivity index (χ3n) is 2.96. The molecule has 0 bridgehead atoms. The number of piperazine rings is 1. The van der Waals surface area contributed by atoms with Crippen LogP contribution >= 0.6 is 0 Å². The van der Waals surface area contributed by atoms with Gasteiger partial charge in [0.2, 0.25) is 0 Å². The van der Waals surface area contributed by atoms with Crippen molar-refractivity contribution < 1.29 is 14.3 Å². The minimum atomic E-state index is -0.924. The van der Waals surface area contributed by atoms with Crippen LogP contribution in [0.15, 0.2) is 18.5 Å². The lowest BCUT2D eigenvalue weighted by Gasteiger charge is -2.39. The molecule has 1 saturated heterocycles. The second kappa shape index (κ2) is 4.57. The van der Waals surface area contributed by atoms with Crippen molar-refractivity contribution in [3.8, 4) is 0 Å². The Labute approximate surface area is 98.5 Å². The molecule has 1 aliphatic rings. The molecule has 0 aliphatic carbocycles. The number of aromatic nitrogens is 1. The van der Waals surface area contributed by atoms with E-state index in [0.29, 0.717) is 25.3 Å². The summed E-state index contributed by atoms with van der Waals surface area (Å²) in [4.78, 5) is 17.8. The van der Waals surface area contributed by atoms with E-state index in [-0.39, 0.29) is 11.9 Å². The van der Waals surface area contributed by atoms with Crippen molar-refractivity contribution in [2.24, 2.45) is 0 Å². The number of hydrogen-bond acceptors (Lipinski definition) is 3. The molecule has 1 fully saturated rings. The van der Waals surface area contributed by atoms with E-state index in [2.05, 4.69) is 4.98 Å². The molecule has 1 aromatic rings. The van der Waals surface area contributed by atoms with Crippen LogP contribution in [0.2, 0.25) is 0 Å². The molecule has 92 valence electrons. The Balaban J connectivity index is 2.12. The Morgan fingerprint density at radius 2 is 2.35 bits per heavy atom. The van der Waals surface area contributed by atoms with Crippen LogP contribution in [0.5, 0.6) is 0 Å². The maximum absolute atomic E-state index is 13.5. The van der Waals surface area contributed by atoms with Gasteiger partial charge in [-0.05, 0) is 13.0 Å². The van der Waals surface area contributed by atoms with Gasteiger partial charge in [0.25, 0.3) is 0 Å². The molecule has 0 unspecified atom stereocenters. The molecule has 0 aromatic carbocycles. The maximum Gasteiger partial charge on any atom is 0.407 e. The molecule has 6 heteroatoms. The Morgan fingerprint density at radius 1 is 1.59 bits per heavy atom. The van der Waals surface area contributed by atoms with Crippen LogP contribution in [-0.4, -0.2) is 46.8 Å². The van der Waals surface area contributed by atoms with Gasteiger partial charge >= 0.3 is 6.09 Å². The van der Waals surface area contributed by atoms with Gasteiger partial charge in [0.1, 0.15) is 0 Å². The van der Waals surface area contributed by atoms with Crippen molar-refractivity contribution in [1.82, 2.24) is 9.88 Å². The normalized spacial score (nSPS) is 20.5. The Bertz CT molecular complexity index is 427. The lowest BCUT2D eigenvalue weighted by Crippen LogP contribution is -2.53. The highest BCUT2D eigenvalue weighted by atomic mass is 19.1. The summed E-state index contributed by atoms with van der Waals surface area (Å²) < 4.78 is 13.5. The number of carboxylic acid groups (broad SMARTS) is 1. The second-order valence-corrected chi connectivity index (χ2v) is 4.10. The zero-order valence-electron chi connectivity index (χ0n) is 9.51. The van der Waals surface area contributed by atoms with Gasteiger partial charge in [0.15, 0.2) is 5.82 Å². The molecule has 17 heavy (non-hydrogen) atoms. The zero-order chi connectivity index (χ0) is 12.4. The molecule has 0 spiro atoms. The Morgan fingerprint density at radius 3 is 2.94 bits per heavy atom. The van der Waals surface area contributed by atoms with E-state index < -0.39 is 6.09 Å². The van der Waals surface area contributed by atoms with Crippen LogP contribution in [0.4, 0.5) is 14.9 Å². The fraction of sp³-hybridized carbons (Fsp3) is 0.455. The highest BCUT2D eigenvalue weighted by Gasteiger charge is 2.28. The number of pyridine rings is 1. The van der Waals surface area contributed by atoms with Crippen molar-refractivity contribution in [3.63, 3.8) is 0 Å². The number of anilines is 1. The van der Waals surface area contributed by atoms with Crippen LogP contribution in [0.25, 0.3) is 0 Å². The molecule has 1 aliphatic heterocycles. The van der Waals surface area contributed by atoms with Gasteiger partial charge in [0, 0.05) is 31.9 Å². The van der Waals surface area contributed by atoms with Gasteiger partial charge in [-0.25, -0.2) is 9.18 Å². The van der Waals surface area contributed by atoms with Crippen molar-refractivity contribution in [2.75, 3.05) is 24.5 Å². The SMILES string of the molecule is C[C@@H]1CN(c2ccncc2F)CCN1C(=O)O. The third kappa shape index (κ3) is 2.30. The molecule has 5 nitrogen and oxygen atoms in total. The molecule has 2 heterocycles. The van der Waals surface area contributed by atoms with Crippen LogP contribution in [0.3, 0.4) is 0 Å². The molecule has 0 radical (unpaired) electrons. The molecule has 1 N–H and O–H groups in total. The monoisotopic (exact) mass is 239 g/mol. The summed E-state index contributed by atoms with van der Waals surface area (Å²) in [5, 5.41) is 8.94. The predicted octanol–water partition coefficient (Wildman–Crippen LogP) is 1.41. The topological polar surface area (TPSA) is 56.7 Å². The smallest absolute Gasteiger partial charge is 0.407 e. The average molecular weight is 239 g/mol. The number of hydrogen-bond donors (Lipinski definition) is 1. The Kier molecular flexibility index (Phi) is 3.12. The summed E-state index contributed by atoms with van der Waals surface area (Å²) in [7, 11) is 0. The van der Waals surface area contributed by atoms with Gasteiger partial charge in [-0.2, -0.15) is 0 Å². The van der Waals surface area contributed by atoms with Crippen molar-refractivity contribution in [2.45, 2.75) is 13.0 Å². The summed E-state index contributed by atoms with van der Waals surface area (Å²) in [6.07, 6.45) is 1.78. The first-order valence-electron chi connectivity index (χ1n) is 5.43. The van der Waals surface area contributed by atoms with Gasteiger partial charge < -0.3 is 14.9 Å². The van der Waals surface area contributed by atoms with E-state index in [1.807, 2.05) is 11.8 Å². The van der Waals surface area contributed by atoms with Crippen LogP contribution in [0, 0.1) is 5.82 Å². The average Bonchev–Trinajstić information content (AvgIpc) is 2.29. The number of rotatable bonds is 1. The summed E-state index contributed by atoms with van der Waals surface area (Å²) in [6.45, 7) is 3.20. The van der Waals surface area contributed by atoms with Crippen molar-refractivity contribution in [1.29, 1.82) is 0 Å². The lowest BCUT2D eigenvalue weighted by molar-refractivity contribution is 0.122. The van der Waals surface area contributed by atoms with E-state index in [0.717, 1.165) is 0 Å². The molecule has 1 atom stereocenters. The molecular formula is C11H14FN3O2. The lowest BCUT2D eigenvalue weighted by atomic mass is 10.2. The standard InChI is InChI=1S/C11H14FN3O2/c1-8-7-14(4-5-15(8)11(16)17)10-2-3-13-6-9(10)12/h2-3,6,8H,4-5,7H2,1H3,(H,16,17)/t8-/m1/s1. The second-order valence-electron chi connectivity index (χ2n) is 4.10. The molecule has 1 aromatic heterocycles. The first-order chi connectivity index (χ1) is 8.09. The molecule has 0 saturated carbocycles. The van der Waals surface area contributed by atoms with Gasteiger partial charge in [-0.3, -0.25) is 4.98 Å². The van der Waals surface area contributed by atoms with Gasteiger partial charge in [-0.1, -0.05) is 0 Å². The molecule has 1 amide bonds. The highest BCUT2D eigenvalue weighted by molar-refractivity contribution is 5.66. The van der Waals surface area contributed by atoms with E-state index in [9.17, 15) is 9.18 Å². The van der Waals surface area contributed by atoms with Crippen molar-refractivity contribution >= 4 is 11.8 Å². The van der Waals surface area contributed by atoms with Crippen LogP contribution in [0.1, 0.15) is 6.92 Å². The first-order valence-corrected chi connectivity index (χ1v) is 5.43. The molecular weight excluding hydrogens is 225 g/mol. The number of carbonyl (C=O) groups is 1. The predicted molar refractivity (Wildman–Crippen MR) is 60.6 cm³/mol. The third-order valence-corrected chi connectivity index (χ3v) is 2.96. The van der Waals surface area contributed by atoms with E-state index in [4.69, 9.17) is 5.11 Å². The minimum absolute atomic E-state index is 0.145. The number of amides is 1. The first kappa shape index (κ1) is 11.6. The fourth-order valence-corrected chi connectivity index (χ4v) is 2.08. The molecule has 2 rings (SSSR count). The summed E-state index contributed by atoms with van der Waals surface area (Å²) >= 11 is 0.